The quantitative estimate of drug-likeness (QED) is 0.855. The zero-order valence-electron chi connectivity index (χ0n) is 12.9. The summed E-state index contributed by atoms with van der Waals surface area (Å²) in [5.74, 6) is 0.280. The van der Waals surface area contributed by atoms with Crippen molar-refractivity contribution in [2.24, 2.45) is 0 Å². The number of hydrogen-bond acceptors (Lipinski definition) is 4. The van der Waals surface area contributed by atoms with Crippen LogP contribution in [-0.2, 0) is 4.79 Å². The summed E-state index contributed by atoms with van der Waals surface area (Å²) in [7, 11) is 0. The smallest absolute Gasteiger partial charge is 0.306 e. The van der Waals surface area contributed by atoms with E-state index in [1.165, 1.54) is 0 Å². The minimum Gasteiger partial charge on any atom is -0.493 e. The molecule has 0 spiro atoms. The second-order valence-electron chi connectivity index (χ2n) is 5.34. The number of aliphatic carboxylic acids is 1. The van der Waals surface area contributed by atoms with Crippen molar-refractivity contribution in [3.8, 4) is 11.5 Å². The van der Waals surface area contributed by atoms with Crippen LogP contribution >= 0.6 is 0 Å². The summed E-state index contributed by atoms with van der Waals surface area (Å²) < 4.78 is 10.9. The van der Waals surface area contributed by atoms with Crippen LogP contribution in [-0.4, -0.2) is 30.1 Å². The van der Waals surface area contributed by atoms with Crippen molar-refractivity contribution in [3.05, 3.63) is 65.2 Å². The number of carboxylic acid groups (broad SMARTS) is 1. The van der Waals surface area contributed by atoms with Crippen molar-refractivity contribution in [2.75, 3.05) is 13.2 Å². The van der Waals surface area contributed by atoms with Gasteiger partial charge in [-0.1, -0.05) is 24.3 Å². The van der Waals surface area contributed by atoms with E-state index < -0.39 is 5.97 Å². The first-order valence-electron chi connectivity index (χ1n) is 7.55. The fourth-order valence-electron chi connectivity index (χ4n) is 2.40. The molecule has 0 saturated heterocycles. The molecule has 0 bridgehead atoms. The van der Waals surface area contributed by atoms with E-state index in [0.29, 0.717) is 22.6 Å². The molecule has 1 N–H and O–H groups in total. The van der Waals surface area contributed by atoms with Gasteiger partial charge in [-0.2, -0.15) is 0 Å². The minimum atomic E-state index is -0.896. The average molecular weight is 324 g/mol. The maximum Gasteiger partial charge on any atom is 0.306 e. The number of rotatable bonds is 5. The Morgan fingerprint density at radius 3 is 2.67 bits per heavy atom. The summed E-state index contributed by atoms with van der Waals surface area (Å²) in [5.41, 5.74) is 2.02. The number of fused-ring (bicyclic) bond motifs is 1. The molecule has 0 aliphatic carbocycles. The van der Waals surface area contributed by atoms with E-state index in [-0.39, 0.29) is 25.4 Å². The van der Waals surface area contributed by atoms with Crippen LogP contribution in [0.25, 0.3) is 6.08 Å². The molecule has 5 heteroatoms. The van der Waals surface area contributed by atoms with Gasteiger partial charge in [0.1, 0.15) is 18.1 Å². The Morgan fingerprint density at radius 1 is 1.17 bits per heavy atom. The predicted octanol–water partition coefficient (Wildman–Crippen LogP) is 3.20. The highest BCUT2D eigenvalue weighted by Crippen LogP contribution is 2.27. The van der Waals surface area contributed by atoms with Crippen LogP contribution in [0.4, 0.5) is 0 Å². The Morgan fingerprint density at radius 2 is 1.92 bits per heavy atom. The minimum absolute atomic E-state index is 0.0290. The number of hydrogen-bond donors (Lipinski definition) is 1. The summed E-state index contributed by atoms with van der Waals surface area (Å²) in [6.45, 7) is 0.367. The van der Waals surface area contributed by atoms with Gasteiger partial charge in [-0.25, -0.2) is 0 Å². The van der Waals surface area contributed by atoms with Crippen LogP contribution in [0.2, 0.25) is 0 Å². The van der Waals surface area contributed by atoms with Crippen molar-refractivity contribution in [1.82, 2.24) is 0 Å². The third-order valence-corrected chi connectivity index (χ3v) is 3.61. The topological polar surface area (TPSA) is 72.8 Å². The fraction of sp³-hybridized carbons (Fsp3) is 0.158. The van der Waals surface area contributed by atoms with E-state index in [4.69, 9.17) is 14.6 Å². The molecule has 0 saturated carbocycles. The van der Waals surface area contributed by atoms with E-state index in [9.17, 15) is 9.59 Å². The number of ketones is 1. The molecule has 0 unspecified atom stereocenters. The van der Waals surface area contributed by atoms with Gasteiger partial charge in [-0.3, -0.25) is 9.59 Å². The summed E-state index contributed by atoms with van der Waals surface area (Å²) in [6, 6.07) is 14.3. The van der Waals surface area contributed by atoms with E-state index >= 15 is 0 Å². The van der Waals surface area contributed by atoms with Gasteiger partial charge in [0.05, 0.1) is 18.6 Å². The van der Waals surface area contributed by atoms with E-state index in [1.54, 1.807) is 30.3 Å². The molecule has 5 nitrogen and oxygen atoms in total. The van der Waals surface area contributed by atoms with Crippen molar-refractivity contribution in [3.63, 3.8) is 0 Å². The van der Waals surface area contributed by atoms with Crippen LogP contribution in [0.1, 0.15) is 22.3 Å². The molecular weight excluding hydrogens is 308 g/mol. The summed E-state index contributed by atoms with van der Waals surface area (Å²) in [5, 5.41) is 8.58. The van der Waals surface area contributed by atoms with Crippen molar-refractivity contribution < 1.29 is 24.2 Å². The first-order valence-corrected chi connectivity index (χ1v) is 7.55. The Bertz CT molecular complexity index is 790. The maximum atomic E-state index is 12.5. The molecule has 1 aliphatic heterocycles. The third-order valence-electron chi connectivity index (χ3n) is 3.61. The lowest BCUT2D eigenvalue weighted by Gasteiger charge is -2.18. The molecule has 0 fully saturated rings. The number of carbonyl (C=O) groups excluding carboxylic acids is 1. The van der Waals surface area contributed by atoms with Crippen molar-refractivity contribution in [1.29, 1.82) is 0 Å². The SMILES string of the molecule is O=C(O)CCOc1ccc(/C=C2/COc3ccccc3C2=O)cc1. The lowest BCUT2D eigenvalue weighted by Crippen LogP contribution is -2.18. The molecule has 0 aromatic heterocycles. The third kappa shape index (κ3) is 3.63. The highest BCUT2D eigenvalue weighted by atomic mass is 16.5. The van der Waals surface area contributed by atoms with Gasteiger partial charge < -0.3 is 14.6 Å². The Balaban J connectivity index is 1.70. The summed E-state index contributed by atoms with van der Waals surface area (Å²) >= 11 is 0. The Hall–Kier alpha value is -3.08. The maximum absolute atomic E-state index is 12.5. The molecule has 1 heterocycles. The van der Waals surface area contributed by atoms with Crippen LogP contribution in [0.3, 0.4) is 0 Å². The monoisotopic (exact) mass is 324 g/mol. The van der Waals surface area contributed by atoms with Crippen LogP contribution < -0.4 is 9.47 Å². The molecule has 2 aromatic rings. The number of carboxylic acids is 1. The molecule has 1 aliphatic rings. The molecule has 2 aromatic carbocycles. The Kier molecular flexibility index (Phi) is 4.61. The van der Waals surface area contributed by atoms with Crippen LogP contribution in [0.5, 0.6) is 11.5 Å². The van der Waals surface area contributed by atoms with Gasteiger partial charge in [0.2, 0.25) is 0 Å². The highest BCUT2D eigenvalue weighted by Gasteiger charge is 2.22. The summed E-state index contributed by atoms with van der Waals surface area (Å²) in [4.78, 5) is 22.9. The van der Waals surface area contributed by atoms with Gasteiger partial charge in [0, 0.05) is 5.57 Å². The molecule has 0 radical (unpaired) electrons. The van der Waals surface area contributed by atoms with Crippen LogP contribution in [0, 0.1) is 0 Å². The standard InChI is InChI=1S/C19H16O5/c20-18(21)9-10-23-15-7-5-13(6-8-15)11-14-12-24-17-4-2-1-3-16(17)19(14)22/h1-8,11H,9-10,12H2,(H,20,21)/b14-11-. The number of carbonyl (C=O) groups is 2. The summed E-state index contributed by atoms with van der Waals surface area (Å²) in [6.07, 6.45) is 1.75. The van der Waals surface area contributed by atoms with Gasteiger partial charge in [0.25, 0.3) is 0 Å². The number of benzene rings is 2. The first kappa shape index (κ1) is 15.8. The highest BCUT2D eigenvalue weighted by molar-refractivity contribution is 6.14. The normalized spacial score (nSPS) is 14.8. The van der Waals surface area contributed by atoms with Gasteiger partial charge >= 0.3 is 5.97 Å². The number of ether oxygens (including phenoxy) is 2. The van der Waals surface area contributed by atoms with Crippen molar-refractivity contribution in [2.45, 2.75) is 6.42 Å². The largest absolute Gasteiger partial charge is 0.493 e. The molecule has 0 amide bonds. The molecule has 0 atom stereocenters. The van der Waals surface area contributed by atoms with E-state index in [0.717, 1.165) is 5.56 Å². The molecular formula is C19H16O5. The second kappa shape index (κ2) is 7.00. The van der Waals surface area contributed by atoms with E-state index in [1.807, 2.05) is 24.3 Å². The zero-order chi connectivity index (χ0) is 16.9. The van der Waals surface area contributed by atoms with Gasteiger partial charge in [0.15, 0.2) is 5.78 Å². The fourth-order valence-corrected chi connectivity index (χ4v) is 2.40. The lowest BCUT2D eigenvalue weighted by atomic mass is 9.98. The van der Waals surface area contributed by atoms with E-state index in [2.05, 4.69) is 0 Å². The van der Waals surface area contributed by atoms with Crippen LogP contribution in [0.15, 0.2) is 54.1 Å². The number of para-hydroxylation sites is 1. The molecule has 122 valence electrons. The average Bonchev–Trinajstić information content (AvgIpc) is 2.59. The van der Waals surface area contributed by atoms with Crippen molar-refractivity contribution >= 4 is 17.8 Å². The zero-order valence-corrected chi connectivity index (χ0v) is 12.9. The van der Waals surface area contributed by atoms with Gasteiger partial charge in [-0.05, 0) is 35.9 Å². The second-order valence-corrected chi connectivity index (χ2v) is 5.34. The molecule has 24 heavy (non-hydrogen) atoms. The number of Topliss-reactive ketones (excluding diaryl/α,β-unsaturated/α-hetero) is 1. The molecule has 3 rings (SSSR count). The Labute approximate surface area is 139 Å². The first-order chi connectivity index (χ1) is 11.6. The van der Waals surface area contributed by atoms with Gasteiger partial charge in [-0.15, -0.1) is 0 Å². The lowest BCUT2D eigenvalue weighted by molar-refractivity contribution is -0.137. The predicted molar refractivity (Wildman–Crippen MR) is 88.4 cm³/mol.